The highest BCUT2D eigenvalue weighted by Gasteiger charge is 2.33. The number of rotatable bonds is 5. The normalized spacial score (nSPS) is 23.9. The van der Waals surface area contributed by atoms with E-state index in [1.54, 1.807) is 7.11 Å². The predicted molar refractivity (Wildman–Crippen MR) is 59.4 cm³/mol. The van der Waals surface area contributed by atoms with Gasteiger partial charge in [-0.1, -0.05) is 13.8 Å². The van der Waals surface area contributed by atoms with Gasteiger partial charge in [0.05, 0.1) is 25.4 Å². The Labute approximate surface area is 92.0 Å². The molecule has 0 aromatic carbocycles. The summed E-state index contributed by atoms with van der Waals surface area (Å²) < 4.78 is 5.10. The van der Waals surface area contributed by atoms with Crippen molar-refractivity contribution < 1.29 is 9.53 Å². The molecule has 0 bridgehead atoms. The van der Waals surface area contributed by atoms with Crippen molar-refractivity contribution in [3.05, 3.63) is 0 Å². The van der Waals surface area contributed by atoms with Crippen LogP contribution in [0.1, 0.15) is 27.2 Å². The maximum absolute atomic E-state index is 11.7. The van der Waals surface area contributed by atoms with Crippen molar-refractivity contribution >= 4 is 5.91 Å². The summed E-state index contributed by atoms with van der Waals surface area (Å²) in [6, 6.07) is 0.154. The zero-order valence-electron chi connectivity index (χ0n) is 10.1. The van der Waals surface area contributed by atoms with Gasteiger partial charge in [0, 0.05) is 7.11 Å². The molecule has 2 atom stereocenters. The van der Waals surface area contributed by atoms with Crippen LogP contribution in [-0.4, -0.2) is 43.3 Å². The largest absolute Gasteiger partial charge is 0.383 e. The summed E-state index contributed by atoms with van der Waals surface area (Å²) in [5, 5.41) is 3.25. The van der Waals surface area contributed by atoms with Crippen LogP contribution in [0.25, 0.3) is 0 Å². The molecule has 4 nitrogen and oxygen atoms in total. The van der Waals surface area contributed by atoms with E-state index in [0.717, 1.165) is 6.42 Å². The van der Waals surface area contributed by atoms with E-state index in [-0.39, 0.29) is 18.1 Å². The van der Waals surface area contributed by atoms with Gasteiger partial charge in [-0.05, 0) is 19.3 Å². The molecular weight excluding hydrogens is 192 g/mol. The van der Waals surface area contributed by atoms with E-state index in [1.807, 2.05) is 11.8 Å². The van der Waals surface area contributed by atoms with E-state index in [2.05, 4.69) is 19.2 Å². The van der Waals surface area contributed by atoms with Crippen molar-refractivity contribution in [3.63, 3.8) is 0 Å². The predicted octanol–water partition coefficient (Wildman–Crippen LogP) is 0.825. The molecule has 0 aromatic heterocycles. The third-order valence-corrected chi connectivity index (χ3v) is 2.69. The molecule has 1 heterocycles. The Balaban J connectivity index is 2.59. The Morgan fingerprint density at radius 1 is 1.53 bits per heavy atom. The average Bonchev–Trinajstić information content (AvgIpc) is 2.46. The van der Waals surface area contributed by atoms with Gasteiger partial charge in [-0.15, -0.1) is 0 Å². The molecule has 1 saturated heterocycles. The molecule has 1 N–H and O–H groups in total. The molecule has 0 aliphatic carbocycles. The van der Waals surface area contributed by atoms with Gasteiger partial charge >= 0.3 is 0 Å². The first kappa shape index (κ1) is 12.5. The van der Waals surface area contributed by atoms with Crippen molar-refractivity contribution in [2.75, 3.05) is 20.3 Å². The molecule has 0 spiro atoms. The standard InChI is InChI=1S/C11H22N2O2/c1-8(2)5-10-12-6-11(14)13(10)9(3)7-15-4/h8-10,12H,5-7H2,1-4H3. The molecule has 4 heteroatoms. The van der Waals surface area contributed by atoms with E-state index in [9.17, 15) is 4.79 Å². The Bertz CT molecular complexity index is 219. The molecule has 1 aliphatic heterocycles. The van der Waals surface area contributed by atoms with Crippen LogP contribution in [-0.2, 0) is 9.53 Å². The highest BCUT2D eigenvalue weighted by molar-refractivity contribution is 5.81. The summed E-state index contributed by atoms with van der Waals surface area (Å²) in [6.45, 7) is 7.43. The molecule has 1 aliphatic rings. The van der Waals surface area contributed by atoms with Crippen molar-refractivity contribution in [3.8, 4) is 0 Å². The fourth-order valence-corrected chi connectivity index (χ4v) is 2.09. The van der Waals surface area contributed by atoms with Gasteiger partial charge in [0.25, 0.3) is 0 Å². The lowest BCUT2D eigenvalue weighted by Crippen LogP contribution is -2.45. The van der Waals surface area contributed by atoms with Crippen LogP contribution in [0.2, 0.25) is 0 Å². The third-order valence-electron chi connectivity index (χ3n) is 2.69. The van der Waals surface area contributed by atoms with E-state index < -0.39 is 0 Å². The Morgan fingerprint density at radius 3 is 2.73 bits per heavy atom. The van der Waals surface area contributed by atoms with Gasteiger partial charge in [-0.25, -0.2) is 0 Å². The van der Waals surface area contributed by atoms with Crippen LogP contribution in [0, 0.1) is 5.92 Å². The summed E-state index contributed by atoms with van der Waals surface area (Å²) in [5.41, 5.74) is 0. The molecule has 1 amide bonds. The Morgan fingerprint density at radius 2 is 2.20 bits per heavy atom. The number of carbonyl (C=O) groups excluding carboxylic acids is 1. The zero-order valence-corrected chi connectivity index (χ0v) is 10.1. The minimum Gasteiger partial charge on any atom is -0.383 e. The number of ether oxygens (including phenoxy) is 1. The number of carbonyl (C=O) groups is 1. The van der Waals surface area contributed by atoms with E-state index in [4.69, 9.17) is 4.74 Å². The van der Waals surface area contributed by atoms with Gasteiger partial charge in [-0.2, -0.15) is 0 Å². The fraction of sp³-hybridized carbons (Fsp3) is 0.909. The summed E-state index contributed by atoms with van der Waals surface area (Å²) in [4.78, 5) is 13.6. The molecule has 1 fully saturated rings. The highest BCUT2D eigenvalue weighted by atomic mass is 16.5. The lowest BCUT2D eigenvalue weighted by atomic mass is 10.1. The van der Waals surface area contributed by atoms with Crippen LogP contribution >= 0.6 is 0 Å². The van der Waals surface area contributed by atoms with Crippen LogP contribution in [0.15, 0.2) is 0 Å². The smallest absolute Gasteiger partial charge is 0.238 e. The van der Waals surface area contributed by atoms with Gasteiger partial charge in [0.15, 0.2) is 0 Å². The van der Waals surface area contributed by atoms with Crippen molar-refractivity contribution in [2.45, 2.75) is 39.4 Å². The van der Waals surface area contributed by atoms with Crippen molar-refractivity contribution in [1.29, 1.82) is 0 Å². The molecule has 88 valence electrons. The fourth-order valence-electron chi connectivity index (χ4n) is 2.09. The van der Waals surface area contributed by atoms with E-state index in [0.29, 0.717) is 19.1 Å². The van der Waals surface area contributed by atoms with Gasteiger partial charge in [-0.3, -0.25) is 10.1 Å². The van der Waals surface area contributed by atoms with E-state index in [1.165, 1.54) is 0 Å². The monoisotopic (exact) mass is 214 g/mol. The Kier molecular flexibility index (Phi) is 4.54. The zero-order chi connectivity index (χ0) is 11.4. The van der Waals surface area contributed by atoms with Crippen molar-refractivity contribution in [2.24, 2.45) is 5.92 Å². The lowest BCUT2D eigenvalue weighted by molar-refractivity contribution is -0.131. The number of hydrogen-bond acceptors (Lipinski definition) is 3. The number of nitrogens with one attached hydrogen (secondary N) is 1. The van der Waals surface area contributed by atoms with Crippen LogP contribution < -0.4 is 5.32 Å². The van der Waals surface area contributed by atoms with Gasteiger partial charge < -0.3 is 9.64 Å². The minimum absolute atomic E-state index is 0.154. The molecule has 2 unspecified atom stereocenters. The summed E-state index contributed by atoms with van der Waals surface area (Å²) in [5.74, 6) is 0.774. The van der Waals surface area contributed by atoms with Gasteiger partial charge in [0.2, 0.25) is 5.91 Å². The quantitative estimate of drug-likeness (QED) is 0.737. The van der Waals surface area contributed by atoms with Crippen LogP contribution in [0.4, 0.5) is 0 Å². The molecule has 0 radical (unpaired) electrons. The first-order valence-electron chi connectivity index (χ1n) is 5.59. The van der Waals surface area contributed by atoms with Gasteiger partial charge in [0.1, 0.15) is 0 Å². The molecule has 0 saturated carbocycles. The molecule has 1 rings (SSSR count). The van der Waals surface area contributed by atoms with Crippen LogP contribution in [0.5, 0.6) is 0 Å². The lowest BCUT2D eigenvalue weighted by Gasteiger charge is -2.30. The second-order valence-corrected chi connectivity index (χ2v) is 4.63. The summed E-state index contributed by atoms with van der Waals surface area (Å²) in [6.07, 6.45) is 1.18. The summed E-state index contributed by atoms with van der Waals surface area (Å²) in [7, 11) is 1.67. The first-order chi connectivity index (χ1) is 7.06. The maximum Gasteiger partial charge on any atom is 0.238 e. The minimum atomic E-state index is 0.154. The maximum atomic E-state index is 11.7. The third kappa shape index (κ3) is 3.18. The second kappa shape index (κ2) is 5.47. The topological polar surface area (TPSA) is 41.6 Å². The molecule has 0 aromatic rings. The summed E-state index contributed by atoms with van der Waals surface area (Å²) >= 11 is 0. The molecular formula is C11H22N2O2. The second-order valence-electron chi connectivity index (χ2n) is 4.63. The van der Waals surface area contributed by atoms with Crippen molar-refractivity contribution in [1.82, 2.24) is 10.2 Å². The number of amides is 1. The molecule has 15 heavy (non-hydrogen) atoms. The Hall–Kier alpha value is -0.610. The highest BCUT2D eigenvalue weighted by Crippen LogP contribution is 2.17. The number of hydrogen-bond donors (Lipinski definition) is 1. The number of nitrogens with zero attached hydrogens (tertiary/aromatic N) is 1. The first-order valence-corrected chi connectivity index (χ1v) is 5.59. The number of methoxy groups -OCH3 is 1. The average molecular weight is 214 g/mol. The van der Waals surface area contributed by atoms with Crippen LogP contribution in [0.3, 0.4) is 0 Å². The SMILES string of the molecule is COCC(C)N1C(=O)CNC1CC(C)C. The van der Waals surface area contributed by atoms with E-state index >= 15 is 0 Å².